The SMILES string of the molecule is CO.O=C(O)O.[LiH]. The van der Waals surface area contributed by atoms with Crippen LogP contribution in [0.2, 0.25) is 0 Å². The van der Waals surface area contributed by atoms with Crippen molar-refractivity contribution in [2.45, 2.75) is 0 Å². The summed E-state index contributed by atoms with van der Waals surface area (Å²) >= 11 is 0. The number of carboxylic acid groups (broad SMARTS) is 2. The molecule has 0 fully saturated rings. The van der Waals surface area contributed by atoms with Gasteiger partial charge in [-0.1, -0.05) is 0 Å². The van der Waals surface area contributed by atoms with E-state index >= 15 is 0 Å². The molecule has 0 aliphatic rings. The van der Waals surface area contributed by atoms with E-state index in [4.69, 9.17) is 20.1 Å². The molecular weight excluding hydrogens is 95.0 g/mol. The van der Waals surface area contributed by atoms with Gasteiger partial charge in [0.15, 0.2) is 0 Å². The number of rotatable bonds is 0. The van der Waals surface area contributed by atoms with Gasteiger partial charge in [-0.2, -0.15) is 0 Å². The van der Waals surface area contributed by atoms with Crippen LogP contribution >= 0.6 is 0 Å². The molecule has 7 heavy (non-hydrogen) atoms. The van der Waals surface area contributed by atoms with Crippen molar-refractivity contribution in [3.63, 3.8) is 0 Å². The fourth-order valence-electron chi connectivity index (χ4n) is 0. The van der Waals surface area contributed by atoms with Crippen molar-refractivity contribution >= 4 is 25.0 Å². The van der Waals surface area contributed by atoms with Gasteiger partial charge in [-0.3, -0.25) is 0 Å². The first-order valence-corrected chi connectivity index (χ1v) is 1.10. The van der Waals surface area contributed by atoms with E-state index in [0.29, 0.717) is 0 Å². The molecule has 0 unspecified atom stereocenters. The summed E-state index contributed by atoms with van der Waals surface area (Å²) in [6, 6.07) is 0. The standard InChI is InChI=1S/CH2O3.CH4O.Li.H/c2-1(3)4;1-2;;/h(H2,2,3,4);2H,1H3;;. The van der Waals surface area contributed by atoms with Crippen molar-refractivity contribution in [2.24, 2.45) is 0 Å². The molecule has 0 aromatic heterocycles. The van der Waals surface area contributed by atoms with Crippen molar-refractivity contribution < 1.29 is 20.1 Å². The Balaban J connectivity index is -0.0000000480. The van der Waals surface area contributed by atoms with E-state index in [-0.39, 0.29) is 18.9 Å². The summed E-state index contributed by atoms with van der Waals surface area (Å²) in [5.74, 6) is 0. The molecule has 0 amide bonds. The molecule has 0 heterocycles. The van der Waals surface area contributed by atoms with Crippen LogP contribution in [0.15, 0.2) is 0 Å². The fraction of sp³-hybridized carbons (Fsp3) is 0.500. The van der Waals surface area contributed by atoms with E-state index in [1.165, 1.54) is 0 Å². The zero-order chi connectivity index (χ0) is 5.58. The fourth-order valence-corrected chi connectivity index (χ4v) is 0. The maximum absolute atomic E-state index is 8.56. The van der Waals surface area contributed by atoms with Gasteiger partial charge in [0.25, 0.3) is 0 Å². The van der Waals surface area contributed by atoms with Crippen LogP contribution in [0.5, 0.6) is 0 Å². The third-order valence-corrected chi connectivity index (χ3v) is 0. The Bertz CT molecular complexity index is 32.7. The maximum atomic E-state index is 8.56. The average molecular weight is 102 g/mol. The molecule has 5 heteroatoms. The van der Waals surface area contributed by atoms with Crippen molar-refractivity contribution in [3.8, 4) is 0 Å². The van der Waals surface area contributed by atoms with Gasteiger partial charge in [-0.15, -0.1) is 0 Å². The third kappa shape index (κ3) is 2870. The molecule has 0 radical (unpaired) electrons. The molecule has 0 atom stereocenters. The van der Waals surface area contributed by atoms with Crippen LogP contribution in [0, 0.1) is 0 Å². The second-order valence-electron chi connectivity index (χ2n) is 0.283. The van der Waals surface area contributed by atoms with Crippen molar-refractivity contribution in [2.75, 3.05) is 7.11 Å². The predicted molar refractivity (Wildman–Crippen MR) is 25.9 cm³/mol. The molecule has 0 aliphatic heterocycles. The van der Waals surface area contributed by atoms with Gasteiger partial charge in [-0.25, -0.2) is 4.79 Å². The number of hydrogen-bond donors (Lipinski definition) is 3. The molecule has 0 aliphatic carbocycles. The molecule has 0 bridgehead atoms. The van der Waals surface area contributed by atoms with E-state index in [2.05, 4.69) is 0 Å². The van der Waals surface area contributed by atoms with Crippen molar-refractivity contribution in [1.29, 1.82) is 0 Å². The van der Waals surface area contributed by atoms with E-state index in [1.807, 2.05) is 0 Å². The summed E-state index contributed by atoms with van der Waals surface area (Å²) in [5.41, 5.74) is 0. The summed E-state index contributed by atoms with van der Waals surface area (Å²) in [6.07, 6.45) is -1.83. The normalized spacial score (nSPS) is 4.29. The van der Waals surface area contributed by atoms with Gasteiger partial charge in [0.05, 0.1) is 0 Å². The van der Waals surface area contributed by atoms with Crippen LogP contribution < -0.4 is 0 Å². The first kappa shape index (κ1) is 15.8. The Morgan fingerprint density at radius 2 is 1.29 bits per heavy atom. The number of aliphatic hydroxyl groups excluding tert-OH is 1. The molecule has 3 N–H and O–H groups in total. The summed E-state index contributed by atoms with van der Waals surface area (Å²) in [7, 11) is 1.00. The van der Waals surface area contributed by atoms with Crippen molar-refractivity contribution in [1.82, 2.24) is 0 Å². The van der Waals surface area contributed by atoms with E-state index in [0.717, 1.165) is 7.11 Å². The van der Waals surface area contributed by atoms with E-state index in [1.54, 1.807) is 0 Å². The topological polar surface area (TPSA) is 77.8 Å². The molecule has 4 nitrogen and oxygen atoms in total. The Labute approximate surface area is 53.0 Å². The summed E-state index contributed by atoms with van der Waals surface area (Å²) < 4.78 is 0. The van der Waals surface area contributed by atoms with E-state index < -0.39 is 6.16 Å². The first-order chi connectivity index (χ1) is 2.73. The van der Waals surface area contributed by atoms with Gasteiger partial charge in [0, 0.05) is 7.11 Å². The number of carbonyl (C=O) groups is 1. The van der Waals surface area contributed by atoms with Gasteiger partial charge in [-0.05, 0) is 0 Å². The molecule has 0 spiro atoms. The van der Waals surface area contributed by atoms with Gasteiger partial charge in [0.1, 0.15) is 0 Å². The van der Waals surface area contributed by atoms with Crippen LogP contribution in [-0.2, 0) is 0 Å². The molecular formula is C2H7LiO4. The molecule has 40 valence electrons. The Morgan fingerprint density at radius 1 is 1.29 bits per heavy atom. The van der Waals surface area contributed by atoms with E-state index in [9.17, 15) is 0 Å². The van der Waals surface area contributed by atoms with Crippen LogP contribution in [0.1, 0.15) is 0 Å². The second-order valence-corrected chi connectivity index (χ2v) is 0.283. The summed E-state index contributed by atoms with van der Waals surface area (Å²) in [6.45, 7) is 0. The zero-order valence-electron chi connectivity index (χ0n) is 3.25. The summed E-state index contributed by atoms with van der Waals surface area (Å²) in [5, 5.41) is 20.9. The first-order valence-electron chi connectivity index (χ1n) is 1.10. The predicted octanol–water partition coefficient (Wildman–Crippen LogP) is -0.818. The Kier molecular flexibility index (Phi) is 38.4. The Hall–Kier alpha value is -0.173. The molecule has 0 aromatic rings. The monoisotopic (exact) mass is 102 g/mol. The minimum absolute atomic E-state index is 0. The average Bonchev–Trinajstić information content (AvgIpc) is 1.41. The number of aliphatic hydroxyl groups is 1. The van der Waals surface area contributed by atoms with Crippen LogP contribution in [0.25, 0.3) is 0 Å². The Morgan fingerprint density at radius 3 is 1.29 bits per heavy atom. The number of hydrogen-bond acceptors (Lipinski definition) is 2. The van der Waals surface area contributed by atoms with Crippen molar-refractivity contribution in [3.05, 3.63) is 0 Å². The molecule has 0 aromatic carbocycles. The quantitative estimate of drug-likeness (QED) is 0.349. The second kappa shape index (κ2) is 17.0. The summed E-state index contributed by atoms with van der Waals surface area (Å²) in [4.78, 5) is 8.56. The van der Waals surface area contributed by atoms with Gasteiger partial charge >= 0.3 is 25.0 Å². The van der Waals surface area contributed by atoms with Gasteiger partial charge < -0.3 is 15.3 Å². The zero-order valence-corrected chi connectivity index (χ0v) is 3.25. The molecule has 0 saturated heterocycles. The molecule has 0 saturated carbocycles. The van der Waals surface area contributed by atoms with Crippen LogP contribution in [-0.4, -0.2) is 47.4 Å². The van der Waals surface area contributed by atoms with Crippen LogP contribution in [0.4, 0.5) is 4.79 Å². The third-order valence-electron chi connectivity index (χ3n) is 0. The minimum atomic E-state index is -1.83. The molecule has 0 rings (SSSR count). The van der Waals surface area contributed by atoms with Crippen LogP contribution in [0.3, 0.4) is 0 Å². The van der Waals surface area contributed by atoms with Gasteiger partial charge in [0.2, 0.25) is 0 Å².